The highest BCUT2D eigenvalue weighted by Crippen LogP contribution is 2.36. The minimum Gasteiger partial charge on any atom is -0.490 e. The van der Waals surface area contributed by atoms with Gasteiger partial charge in [-0.1, -0.05) is 12.7 Å². The van der Waals surface area contributed by atoms with E-state index in [2.05, 4.69) is 6.58 Å². The number of aliphatic hydroxyl groups is 2. The van der Waals surface area contributed by atoms with Gasteiger partial charge in [-0.3, -0.25) is 4.79 Å². The van der Waals surface area contributed by atoms with Gasteiger partial charge in [-0.25, -0.2) is 0 Å². The van der Waals surface area contributed by atoms with Crippen molar-refractivity contribution in [3.63, 3.8) is 0 Å². The highest BCUT2D eigenvalue weighted by Gasteiger charge is 2.59. The van der Waals surface area contributed by atoms with Gasteiger partial charge in [0.25, 0.3) is 0 Å². The predicted molar refractivity (Wildman–Crippen MR) is 76.9 cm³/mol. The number of rotatable bonds is 5. The van der Waals surface area contributed by atoms with Crippen molar-refractivity contribution in [3.8, 4) is 5.75 Å². The molecule has 2 N–H and O–H groups in total. The van der Waals surface area contributed by atoms with E-state index in [0.29, 0.717) is 17.9 Å². The van der Waals surface area contributed by atoms with Gasteiger partial charge in [0.05, 0.1) is 13.2 Å². The minimum absolute atomic E-state index is 0.0548. The predicted octanol–water partition coefficient (Wildman–Crippen LogP) is 0.324. The van der Waals surface area contributed by atoms with E-state index < -0.39 is 29.7 Å². The Bertz CT molecular complexity index is 569. The topological polar surface area (TPSA) is 85.2 Å². The lowest BCUT2D eigenvalue weighted by molar-refractivity contribution is -0.0483. The molecule has 1 aromatic carbocycles. The summed E-state index contributed by atoms with van der Waals surface area (Å²) in [4.78, 5) is 12.6. The van der Waals surface area contributed by atoms with Crippen molar-refractivity contribution in [2.75, 3.05) is 19.8 Å². The summed E-state index contributed by atoms with van der Waals surface area (Å²) in [5.74, 6) is 0.126. The van der Waals surface area contributed by atoms with Crippen LogP contribution >= 0.6 is 0 Å². The number of carbonyl (C=O) groups excluding carboxylic acids is 1. The van der Waals surface area contributed by atoms with Crippen LogP contribution in [0.1, 0.15) is 10.4 Å². The fraction of sp³-hybridized carbons (Fsp3) is 0.438. The maximum Gasteiger partial charge on any atom is 0.199 e. The van der Waals surface area contributed by atoms with Crippen molar-refractivity contribution < 1.29 is 29.2 Å². The molecular weight excluding hydrogens is 288 g/mol. The molecule has 0 spiro atoms. The molecule has 0 unspecified atom stereocenters. The summed E-state index contributed by atoms with van der Waals surface area (Å²) in [5, 5.41) is 20.4. The quantitative estimate of drug-likeness (QED) is 0.602. The van der Waals surface area contributed by atoms with E-state index in [1.807, 2.05) is 0 Å². The second-order valence-corrected chi connectivity index (χ2v) is 5.47. The summed E-state index contributed by atoms with van der Waals surface area (Å²) in [6.45, 7) is 3.80. The van der Waals surface area contributed by atoms with Crippen LogP contribution in [0.4, 0.5) is 0 Å². The summed E-state index contributed by atoms with van der Waals surface area (Å²) in [6.07, 6.45) is -0.696. The fourth-order valence-electron chi connectivity index (χ4n) is 2.81. The summed E-state index contributed by atoms with van der Waals surface area (Å²) < 4.78 is 16.0. The van der Waals surface area contributed by atoms with Crippen molar-refractivity contribution in [2.45, 2.75) is 23.9 Å². The van der Waals surface area contributed by atoms with Crippen LogP contribution in [0.2, 0.25) is 0 Å². The molecule has 2 heterocycles. The average molecular weight is 306 g/mol. The van der Waals surface area contributed by atoms with Crippen molar-refractivity contribution in [2.24, 2.45) is 0 Å². The first-order valence-corrected chi connectivity index (χ1v) is 7.08. The van der Waals surface area contributed by atoms with Gasteiger partial charge >= 0.3 is 0 Å². The Morgan fingerprint density at radius 2 is 2.14 bits per heavy atom. The first-order valence-electron chi connectivity index (χ1n) is 7.08. The zero-order valence-electron chi connectivity index (χ0n) is 12.0. The number of aliphatic hydroxyl groups excluding tert-OH is 1. The van der Waals surface area contributed by atoms with Gasteiger partial charge in [-0.15, -0.1) is 0 Å². The molecule has 6 nitrogen and oxygen atoms in total. The smallest absolute Gasteiger partial charge is 0.199 e. The first-order chi connectivity index (χ1) is 10.6. The Morgan fingerprint density at radius 1 is 1.41 bits per heavy atom. The van der Waals surface area contributed by atoms with E-state index in [1.54, 1.807) is 30.3 Å². The van der Waals surface area contributed by atoms with Crippen molar-refractivity contribution >= 4 is 5.78 Å². The van der Waals surface area contributed by atoms with Crippen molar-refractivity contribution in [1.29, 1.82) is 0 Å². The summed E-state index contributed by atoms with van der Waals surface area (Å²) in [7, 11) is 0. The van der Waals surface area contributed by atoms with Crippen LogP contribution in [0.15, 0.2) is 36.9 Å². The number of ketones is 1. The molecule has 118 valence electrons. The Balaban J connectivity index is 1.77. The van der Waals surface area contributed by atoms with Crippen LogP contribution in [0.3, 0.4) is 0 Å². The third kappa shape index (κ3) is 2.44. The van der Waals surface area contributed by atoms with Gasteiger partial charge in [0, 0.05) is 5.56 Å². The van der Waals surface area contributed by atoms with Gasteiger partial charge in [-0.05, 0) is 24.3 Å². The van der Waals surface area contributed by atoms with Gasteiger partial charge in [-0.2, -0.15) is 0 Å². The fourth-order valence-corrected chi connectivity index (χ4v) is 2.81. The lowest BCUT2D eigenvalue weighted by atomic mass is 9.87. The normalized spacial score (nSPS) is 33.5. The molecule has 0 amide bonds. The highest BCUT2D eigenvalue weighted by atomic mass is 16.6. The lowest BCUT2D eigenvalue weighted by Crippen LogP contribution is -2.50. The number of hydrogen-bond acceptors (Lipinski definition) is 6. The van der Waals surface area contributed by atoms with Crippen LogP contribution in [-0.4, -0.2) is 59.7 Å². The molecule has 2 saturated heterocycles. The SMILES string of the molecule is C=CCOc1ccc(C(=O)[C@@]2(O)CO[C@@H]3[C@@H](O)CO[C@@H]32)cc1. The van der Waals surface area contributed by atoms with E-state index >= 15 is 0 Å². The molecule has 0 aliphatic carbocycles. The number of fused-ring (bicyclic) bond motifs is 1. The maximum atomic E-state index is 12.6. The number of Topliss-reactive ketones (excluding diaryl/α,β-unsaturated/α-hetero) is 1. The van der Waals surface area contributed by atoms with Crippen LogP contribution in [0, 0.1) is 0 Å². The van der Waals surface area contributed by atoms with Crippen molar-refractivity contribution in [3.05, 3.63) is 42.5 Å². The zero-order valence-corrected chi connectivity index (χ0v) is 12.0. The molecule has 3 rings (SSSR count). The summed E-state index contributed by atoms with van der Waals surface area (Å²) in [5.41, 5.74) is -1.44. The van der Waals surface area contributed by atoms with E-state index in [-0.39, 0.29) is 13.2 Å². The van der Waals surface area contributed by atoms with E-state index in [4.69, 9.17) is 14.2 Å². The average Bonchev–Trinajstić information content (AvgIpc) is 3.07. The largest absolute Gasteiger partial charge is 0.490 e. The standard InChI is InChI=1S/C16H18O6/c1-2-7-20-11-5-3-10(4-6-11)14(18)16(19)9-22-13-12(17)8-21-15(13)16/h2-6,12-13,15,17,19H,1,7-9H2/t12-,13+,15-,16-/m0/s1. The van der Waals surface area contributed by atoms with Crippen LogP contribution in [0.25, 0.3) is 0 Å². The molecule has 4 atom stereocenters. The number of ether oxygens (including phenoxy) is 3. The molecule has 22 heavy (non-hydrogen) atoms. The molecule has 1 aromatic rings. The van der Waals surface area contributed by atoms with Crippen molar-refractivity contribution in [1.82, 2.24) is 0 Å². The zero-order chi connectivity index (χ0) is 15.7. The monoisotopic (exact) mass is 306 g/mol. The Labute approximate surface area is 127 Å². The van der Waals surface area contributed by atoms with Crippen LogP contribution in [-0.2, 0) is 9.47 Å². The third-order valence-corrected chi connectivity index (χ3v) is 3.97. The molecule has 2 aliphatic rings. The van der Waals surface area contributed by atoms with Crippen LogP contribution < -0.4 is 4.74 Å². The molecule has 6 heteroatoms. The molecular formula is C16H18O6. The summed E-state index contributed by atoms with van der Waals surface area (Å²) >= 11 is 0. The third-order valence-electron chi connectivity index (χ3n) is 3.97. The number of hydrogen-bond donors (Lipinski definition) is 2. The molecule has 2 fully saturated rings. The van der Waals surface area contributed by atoms with Gasteiger partial charge in [0.1, 0.15) is 30.7 Å². The Kier molecular flexibility index (Phi) is 4.01. The van der Waals surface area contributed by atoms with E-state index in [0.717, 1.165) is 0 Å². The number of carbonyl (C=O) groups is 1. The summed E-state index contributed by atoms with van der Waals surface area (Å²) in [6, 6.07) is 6.46. The molecule has 0 bridgehead atoms. The molecule has 0 aromatic heterocycles. The second kappa shape index (κ2) is 5.81. The maximum absolute atomic E-state index is 12.6. The molecule has 0 radical (unpaired) electrons. The Hall–Kier alpha value is -1.73. The minimum atomic E-state index is -1.77. The highest BCUT2D eigenvalue weighted by molar-refractivity contribution is 6.03. The second-order valence-electron chi connectivity index (χ2n) is 5.47. The number of benzene rings is 1. The van der Waals surface area contributed by atoms with E-state index in [1.165, 1.54) is 0 Å². The molecule has 0 saturated carbocycles. The van der Waals surface area contributed by atoms with E-state index in [9.17, 15) is 15.0 Å². The van der Waals surface area contributed by atoms with Gasteiger partial charge in [0.15, 0.2) is 11.4 Å². The van der Waals surface area contributed by atoms with Gasteiger partial charge < -0.3 is 24.4 Å². The lowest BCUT2D eigenvalue weighted by Gasteiger charge is -2.25. The molecule has 2 aliphatic heterocycles. The van der Waals surface area contributed by atoms with Crippen LogP contribution in [0.5, 0.6) is 5.75 Å². The Morgan fingerprint density at radius 3 is 2.82 bits per heavy atom. The first kappa shape index (κ1) is 15.2. The van der Waals surface area contributed by atoms with Gasteiger partial charge in [0.2, 0.25) is 0 Å².